The van der Waals surface area contributed by atoms with Gasteiger partial charge in [-0.1, -0.05) is 13.0 Å². The summed E-state index contributed by atoms with van der Waals surface area (Å²) in [5.74, 6) is -1.01. The SMILES string of the molecule is CC1(C(=O)N2CC(S(=O)(=O)c3ccc(C4CC4)cc3C(F)(F)F)CC2C(=O)NC2(C#N)CC2)CC1. The van der Waals surface area contributed by atoms with Crippen LogP contribution in [-0.4, -0.2) is 48.5 Å². The van der Waals surface area contributed by atoms with Gasteiger partial charge in [-0.2, -0.15) is 18.4 Å². The van der Waals surface area contributed by atoms with Crippen molar-refractivity contribution in [3.05, 3.63) is 29.3 Å². The lowest BCUT2D eigenvalue weighted by Crippen LogP contribution is -2.50. The van der Waals surface area contributed by atoms with Gasteiger partial charge < -0.3 is 10.2 Å². The fourth-order valence-corrected chi connectivity index (χ4v) is 6.71. The van der Waals surface area contributed by atoms with E-state index in [1.165, 1.54) is 11.0 Å². The molecule has 7 nitrogen and oxygen atoms in total. The molecular formula is C24H26F3N3O4S. The Morgan fingerprint density at radius 3 is 2.34 bits per heavy atom. The van der Waals surface area contributed by atoms with Crippen molar-refractivity contribution >= 4 is 21.7 Å². The standard InChI is InChI=1S/C24H26F3N3O4S/c1-22(6-7-22)21(32)30-12-16(11-18(30)20(31)29-23(13-28)8-9-23)35(33,34)19-5-4-15(14-2-3-14)10-17(19)24(25,26)27/h4-5,10,14,16,18H,2-3,6-9,11-12H2,1H3,(H,29,31). The van der Waals surface area contributed by atoms with E-state index in [9.17, 15) is 36.4 Å². The highest BCUT2D eigenvalue weighted by Crippen LogP contribution is 2.49. The maximum atomic E-state index is 13.9. The Morgan fingerprint density at radius 1 is 1.17 bits per heavy atom. The number of sulfone groups is 1. The van der Waals surface area contributed by atoms with E-state index >= 15 is 0 Å². The van der Waals surface area contributed by atoms with Crippen molar-refractivity contribution in [3.63, 3.8) is 0 Å². The van der Waals surface area contributed by atoms with E-state index in [-0.39, 0.29) is 24.8 Å². The Hall–Kier alpha value is -2.61. The molecular weight excluding hydrogens is 483 g/mol. The highest BCUT2D eigenvalue weighted by Gasteiger charge is 2.55. The number of amides is 2. The zero-order valence-electron chi connectivity index (χ0n) is 19.2. The van der Waals surface area contributed by atoms with Gasteiger partial charge in [0.25, 0.3) is 0 Å². The molecule has 1 heterocycles. The molecule has 35 heavy (non-hydrogen) atoms. The second-order valence-corrected chi connectivity index (χ2v) is 12.8. The van der Waals surface area contributed by atoms with Crippen LogP contribution in [-0.2, 0) is 25.6 Å². The third kappa shape index (κ3) is 4.30. The van der Waals surface area contributed by atoms with Crippen LogP contribution in [0.5, 0.6) is 0 Å². The van der Waals surface area contributed by atoms with Gasteiger partial charge in [-0.05, 0) is 68.6 Å². The summed E-state index contributed by atoms with van der Waals surface area (Å²) in [5, 5.41) is 10.6. The van der Waals surface area contributed by atoms with E-state index in [1.54, 1.807) is 6.92 Å². The van der Waals surface area contributed by atoms with Crippen LogP contribution in [0.4, 0.5) is 13.2 Å². The second kappa shape index (κ2) is 7.69. The fraction of sp³-hybridized carbons (Fsp3) is 0.625. The van der Waals surface area contributed by atoms with Crippen molar-refractivity contribution in [1.29, 1.82) is 5.26 Å². The summed E-state index contributed by atoms with van der Waals surface area (Å²) >= 11 is 0. The van der Waals surface area contributed by atoms with Crippen LogP contribution in [0.25, 0.3) is 0 Å². The predicted octanol–water partition coefficient (Wildman–Crippen LogP) is 3.30. The number of carbonyl (C=O) groups excluding carboxylic acids is 2. The zero-order valence-corrected chi connectivity index (χ0v) is 20.0. The zero-order chi connectivity index (χ0) is 25.4. The molecule has 5 rings (SSSR count). The molecule has 1 aromatic carbocycles. The normalized spacial score (nSPS) is 26.7. The van der Waals surface area contributed by atoms with Crippen LogP contribution in [0.1, 0.15) is 68.9 Å². The molecule has 3 aliphatic carbocycles. The lowest BCUT2D eigenvalue weighted by molar-refractivity contribution is -0.142. The van der Waals surface area contributed by atoms with Gasteiger partial charge in [-0.25, -0.2) is 8.42 Å². The molecule has 0 bridgehead atoms. The first-order chi connectivity index (χ1) is 16.3. The number of benzene rings is 1. The Kier molecular flexibility index (Phi) is 5.30. The van der Waals surface area contributed by atoms with Crippen LogP contribution in [0.3, 0.4) is 0 Å². The van der Waals surface area contributed by atoms with Crippen molar-refractivity contribution in [3.8, 4) is 6.07 Å². The molecule has 2 atom stereocenters. The highest BCUT2D eigenvalue weighted by molar-refractivity contribution is 7.92. The minimum absolute atomic E-state index is 0.00897. The molecule has 2 unspecified atom stereocenters. The predicted molar refractivity (Wildman–Crippen MR) is 118 cm³/mol. The Bertz CT molecular complexity index is 1240. The summed E-state index contributed by atoms with van der Waals surface area (Å²) in [4.78, 5) is 26.6. The summed E-state index contributed by atoms with van der Waals surface area (Å²) in [5.41, 5.74) is -2.46. The lowest BCUT2D eigenvalue weighted by Gasteiger charge is -2.27. The Morgan fingerprint density at radius 2 is 1.83 bits per heavy atom. The number of likely N-dealkylation sites (tertiary alicyclic amines) is 1. The second-order valence-electron chi connectivity index (χ2n) is 10.6. The highest BCUT2D eigenvalue weighted by atomic mass is 32.2. The molecule has 188 valence electrons. The van der Waals surface area contributed by atoms with Crippen LogP contribution in [0.15, 0.2) is 23.1 Å². The molecule has 1 saturated heterocycles. The summed E-state index contributed by atoms with van der Waals surface area (Å²) < 4.78 is 68.8. The van der Waals surface area contributed by atoms with Gasteiger partial charge in [0.1, 0.15) is 11.6 Å². The smallest absolute Gasteiger partial charge is 0.336 e. The summed E-state index contributed by atoms with van der Waals surface area (Å²) in [6.45, 7) is 1.36. The molecule has 2 amide bonds. The quantitative estimate of drug-likeness (QED) is 0.633. The van der Waals surface area contributed by atoms with E-state index in [1.807, 2.05) is 6.07 Å². The maximum Gasteiger partial charge on any atom is 0.417 e. The van der Waals surface area contributed by atoms with Crippen LogP contribution >= 0.6 is 0 Å². The molecule has 0 radical (unpaired) electrons. The molecule has 1 aromatic rings. The van der Waals surface area contributed by atoms with Crippen LogP contribution in [0.2, 0.25) is 0 Å². The van der Waals surface area contributed by atoms with Crippen LogP contribution < -0.4 is 5.32 Å². The number of rotatable bonds is 6. The van der Waals surface area contributed by atoms with Gasteiger partial charge in [-0.3, -0.25) is 9.59 Å². The molecule has 1 aliphatic heterocycles. The monoisotopic (exact) mass is 509 g/mol. The lowest BCUT2D eigenvalue weighted by atomic mass is 10.1. The van der Waals surface area contributed by atoms with Gasteiger partial charge in [0.15, 0.2) is 9.84 Å². The molecule has 1 N–H and O–H groups in total. The van der Waals surface area contributed by atoms with E-state index in [0.29, 0.717) is 31.2 Å². The van der Waals surface area contributed by atoms with Crippen molar-refractivity contribution < 1.29 is 31.2 Å². The van der Waals surface area contributed by atoms with Crippen molar-refractivity contribution in [2.45, 2.75) is 85.7 Å². The number of halogens is 3. The van der Waals surface area contributed by atoms with Gasteiger partial charge in [0.2, 0.25) is 11.8 Å². The van der Waals surface area contributed by atoms with Crippen molar-refractivity contribution in [1.82, 2.24) is 10.2 Å². The summed E-state index contributed by atoms with van der Waals surface area (Å²) in [6.07, 6.45) is -1.56. The number of nitriles is 1. The Labute approximate surface area is 201 Å². The minimum Gasteiger partial charge on any atom is -0.336 e. The Balaban J connectivity index is 1.48. The van der Waals surface area contributed by atoms with E-state index < -0.39 is 54.6 Å². The molecule has 0 spiro atoms. The molecule has 0 aromatic heterocycles. The molecule has 4 fully saturated rings. The van der Waals surface area contributed by atoms with Gasteiger partial charge in [0, 0.05) is 12.0 Å². The van der Waals surface area contributed by atoms with Crippen LogP contribution in [0, 0.1) is 16.7 Å². The van der Waals surface area contributed by atoms with Gasteiger partial charge >= 0.3 is 6.18 Å². The summed E-state index contributed by atoms with van der Waals surface area (Å²) in [7, 11) is -4.53. The number of hydrogen-bond acceptors (Lipinski definition) is 5. The molecule has 4 aliphatic rings. The first-order valence-corrected chi connectivity index (χ1v) is 13.3. The van der Waals surface area contributed by atoms with E-state index in [4.69, 9.17) is 0 Å². The fourth-order valence-electron chi connectivity index (χ4n) is 4.82. The number of carbonyl (C=O) groups is 2. The average molecular weight is 510 g/mol. The van der Waals surface area contributed by atoms with Gasteiger partial charge in [-0.15, -0.1) is 0 Å². The number of nitrogens with one attached hydrogen (secondary N) is 1. The molecule has 11 heteroatoms. The van der Waals surface area contributed by atoms with Crippen molar-refractivity contribution in [2.75, 3.05) is 6.54 Å². The molecule has 3 saturated carbocycles. The summed E-state index contributed by atoms with van der Waals surface area (Å²) in [6, 6.07) is 4.23. The average Bonchev–Trinajstić information content (AvgIpc) is 3.71. The maximum absolute atomic E-state index is 13.9. The number of alkyl halides is 3. The third-order valence-corrected chi connectivity index (χ3v) is 9.96. The van der Waals surface area contributed by atoms with Crippen molar-refractivity contribution in [2.24, 2.45) is 5.41 Å². The number of nitrogens with zero attached hydrogens (tertiary/aromatic N) is 2. The number of hydrogen-bond donors (Lipinski definition) is 1. The van der Waals surface area contributed by atoms with E-state index in [2.05, 4.69) is 5.32 Å². The van der Waals surface area contributed by atoms with Gasteiger partial charge in [0.05, 0.1) is 21.8 Å². The largest absolute Gasteiger partial charge is 0.417 e. The van der Waals surface area contributed by atoms with E-state index in [0.717, 1.165) is 25.0 Å². The minimum atomic E-state index is -4.87. The first-order valence-electron chi connectivity index (χ1n) is 11.8. The third-order valence-electron chi connectivity index (χ3n) is 7.77. The topological polar surface area (TPSA) is 107 Å². The first kappa shape index (κ1) is 24.1.